The number of benzene rings is 1. The summed E-state index contributed by atoms with van der Waals surface area (Å²) in [4.78, 5) is 21.4. The highest BCUT2D eigenvalue weighted by Crippen LogP contribution is 2.31. The first kappa shape index (κ1) is 18.4. The maximum Gasteiger partial charge on any atom is 0.339 e. The molecule has 7 heteroatoms. The number of carbonyl (C=O) groups excluding carboxylic acids is 1. The van der Waals surface area contributed by atoms with E-state index in [0.717, 1.165) is 52.2 Å². The van der Waals surface area contributed by atoms with Gasteiger partial charge in [0.15, 0.2) is 0 Å². The van der Waals surface area contributed by atoms with E-state index in [4.69, 9.17) is 4.74 Å². The third-order valence-electron chi connectivity index (χ3n) is 5.33. The average molecular weight is 399 g/mol. The van der Waals surface area contributed by atoms with Crippen LogP contribution in [-0.2, 0) is 4.74 Å². The molecule has 30 heavy (non-hydrogen) atoms. The second kappa shape index (κ2) is 7.68. The van der Waals surface area contributed by atoms with E-state index in [2.05, 4.69) is 25.5 Å². The van der Waals surface area contributed by atoms with Crippen molar-refractivity contribution in [2.45, 2.75) is 6.92 Å². The molecular weight excluding hydrogens is 378 g/mol. The van der Waals surface area contributed by atoms with Crippen LogP contribution in [0.2, 0.25) is 0 Å². The van der Waals surface area contributed by atoms with Gasteiger partial charge >= 0.3 is 5.97 Å². The number of hydrogen-bond donors (Lipinski definition) is 2. The number of nitrogens with zero attached hydrogens (tertiary/aromatic N) is 3. The van der Waals surface area contributed by atoms with Crippen molar-refractivity contribution < 1.29 is 9.53 Å². The van der Waals surface area contributed by atoms with Gasteiger partial charge in [0.1, 0.15) is 0 Å². The number of ether oxygens (including phenoxy) is 1. The third-order valence-corrected chi connectivity index (χ3v) is 5.33. The number of aromatic nitrogens is 4. The van der Waals surface area contributed by atoms with Gasteiger partial charge in [0, 0.05) is 41.8 Å². The van der Waals surface area contributed by atoms with Crippen LogP contribution in [0.25, 0.3) is 33.4 Å². The average Bonchev–Trinajstić information content (AvgIpc) is 3.21. The van der Waals surface area contributed by atoms with E-state index in [9.17, 15) is 4.79 Å². The number of fused-ring (bicyclic) bond motifs is 1. The van der Waals surface area contributed by atoms with Crippen molar-refractivity contribution in [2.75, 3.05) is 19.7 Å². The zero-order chi connectivity index (χ0) is 20.5. The van der Waals surface area contributed by atoms with E-state index in [1.54, 1.807) is 12.4 Å². The molecule has 5 rings (SSSR count). The second-order valence-electron chi connectivity index (χ2n) is 7.58. The summed E-state index contributed by atoms with van der Waals surface area (Å²) in [6, 6.07) is 13.7. The number of carbonyl (C=O) groups is 1. The van der Waals surface area contributed by atoms with Crippen molar-refractivity contribution in [3.8, 4) is 22.5 Å². The van der Waals surface area contributed by atoms with Crippen molar-refractivity contribution in [2.24, 2.45) is 5.92 Å². The van der Waals surface area contributed by atoms with E-state index in [1.165, 1.54) is 0 Å². The fourth-order valence-corrected chi connectivity index (χ4v) is 3.54. The van der Waals surface area contributed by atoms with Crippen LogP contribution >= 0.6 is 0 Å². The second-order valence-corrected chi connectivity index (χ2v) is 7.58. The number of H-pyrrole nitrogens is 1. The van der Waals surface area contributed by atoms with Gasteiger partial charge in [0.05, 0.1) is 35.3 Å². The molecule has 0 saturated carbocycles. The Morgan fingerprint density at radius 1 is 1.17 bits per heavy atom. The van der Waals surface area contributed by atoms with Crippen LogP contribution < -0.4 is 5.32 Å². The zero-order valence-corrected chi connectivity index (χ0v) is 16.6. The summed E-state index contributed by atoms with van der Waals surface area (Å²) in [6.07, 6.45) is 3.36. The van der Waals surface area contributed by atoms with E-state index >= 15 is 0 Å². The standard InChI is InChI=1S/C23H21N5O2/c1-14-3-2-4-21(27-14)22-19(12-26-28-22)16-5-6-20-17(7-16)8-18(11-25-20)23(29)30-13-15-9-24-10-15/h2-8,11-12,15,24H,9-10,13H2,1H3,(H,26,28). The van der Waals surface area contributed by atoms with Crippen LogP contribution in [-0.4, -0.2) is 45.8 Å². The minimum absolute atomic E-state index is 0.338. The lowest BCUT2D eigenvalue weighted by Gasteiger charge is -2.26. The fraction of sp³-hybridized carbons (Fsp3) is 0.217. The highest BCUT2D eigenvalue weighted by atomic mass is 16.5. The molecule has 0 amide bonds. The van der Waals surface area contributed by atoms with Crippen molar-refractivity contribution >= 4 is 16.9 Å². The summed E-state index contributed by atoms with van der Waals surface area (Å²) in [6.45, 7) is 4.19. The first-order chi connectivity index (χ1) is 14.7. The number of hydrogen-bond acceptors (Lipinski definition) is 6. The summed E-state index contributed by atoms with van der Waals surface area (Å²) in [7, 11) is 0. The van der Waals surface area contributed by atoms with Crippen molar-refractivity contribution in [1.29, 1.82) is 0 Å². The highest BCUT2D eigenvalue weighted by molar-refractivity contribution is 5.95. The van der Waals surface area contributed by atoms with Gasteiger partial charge < -0.3 is 10.1 Å². The topological polar surface area (TPSA) is 92.8 Å². The van der Waals surface area contributed by atoms with Gasteiger partial charge in [0.2, 0.25) is 0 Å². The molecule has 4 heterocycles. The Bertz CT molecular complexity index is 1230. The Hall–Kier alpha value is -3.58. The molecule has 1 aliphatic rings. The largest absolute Gasteiger partial charge is 0.462 e. The molecule has 0 bridgehead atoms. The van der Waals surface area contributed by atoms with Gasteiger partial charge in [0.25, 0.3) is 0 Å². The maximum atomic E-state index is 12.4. The van der Waals surface area contributed by atoms with Crippen molar-refractivity contribution in [3.05, 3.63) is 66.1 Å². The molecule has 0 atom stereocenters. The summed E-state index contributed by atoms with van der Waals surface area (Å²) in [5.41, 5.74) is 5.83. The SMILES string of the molecule is Cc1cccc(-c2[nH]ncc2-c2ccc3ncc(C(=O)OCC4CNC4)cc3c2)n1. The van der Waals surface area contributed by atoms with Gasteiger partial charge in [-0.3, -0.25) is 15.1 Å². The van der Waals surface area contributed by atoms with Crippen molar-refractivity contribution in [1.82, 2.24) is 25.5 Å². The minimum atomic E-state index is -0.338. The fourth-order valence-electron chi connectivity index (χ4n) is 3.54. The predicted octanol–water partition coefficient (Wildman–Crippen LogP) is 3.37. The van der Waals surface area contributed by atoms with Gasteiger partial charge in [-0.1, -0.05) is 12.1 Å². The summed E-state index contributed by atoms with van der Waals surface area (Å²) in [5.74, 6) is 0.0679. The molecule has 1 aliphatic heterocycles. The van der Waals surface area contributed by atoms with E-state index in [1.807, 2.05) is 49.4 Å². The Kier molecular flexibility index (Phi) is 4.72. The first-order valence-corrected chi connectivity index (χ1v) is 9.93. The van der Waals surface area contributed by atoms with Crippen LogP contribution in [0.4, 0.5) is 0 Å². The van der Waals surface area contributed by atoms with Crippen molar-refractivity contribution in [3.63, 3.8) is 0 Å². The normalized spacial score (nSPS) is 13.9. The molecule has 1 saturated heterocycles. The molecule has 0 spiro atoms. The molecule has 0 radical (unpaired) electrons. The number of aryl methyl sites for hydroxylation is 1. The predicted molar refractivity (Wildman–Crippen MR) is 114 cm³/mol. The lowest BCUT2D eigenvalue weighted by molar-refractivity contribution is 0.0397. The number of aromatic amines is 1. The van der Waals surface area contributed by atoms with Crippen LogP contribution in [0.5, 0.6) is 0 Å². The number of esters is 1. The number of nitrogens with one attached hydrogen (secondary N) is 2. The van der Waals surface area contributed by atoms with Crippen LogP contribution in [0.15, 0.2) is 54.9 Å². The monoisotopic (exact) mass is 399 g/mol. The molecule has 1 fully saturated rings. The number of pyridine rings is 2. The summed E-state index contributed by atoms with van der Waals surface area (Å²) < 4.78 is 5.43. The number of rotatable bonds is 5. The molecule has 1 aromatic carbocycles. The van der Waals surface area contributed by atoms with Crippen LogP contribution in [0, 0.1) is 12.8 Å². The van der Waals surface area contributed by atoms with Crippen LogP contribution in [0.3, 0.4) is 0 Å². The third kappa shape index (κ3) is 3.55. The van der Waals surface area contributed by atoms with Crippen LogP contribution in [0.1, 0.15) is 16.1 Å². The van der Waals surface area contributed by atoms with Gasteiger partial charge in [-0.25, -0.2) is 4.79 Å². The van der Waals surface area contributed by atoms with E-state index in [-0.39, 0.29) is 5.97 Å². The molecule has 3 aromatic heterocycles. The molecule has 150 valence electrons. The molecule has 4 aromatic rings. The first-order valence-electron chi connectivity index (χ1n) is 9.93. The Balaban J connectivity index is 1.46. The lowest BCUT2D eigenvalue weighted by Crippen LogP contribution is -2.44. The quantitative estimate of drug-likeness (QED) is 0.500. The Labute approximate surface area is 173 Å². The maximum absolute atomic E-state index is 12.4. The molecular formula is C23H21N5O2. The lowest BCUT2D eigenvalue weighted by atomic mass is 10.0. The minimum Gasteiger partial charge on any atom is -0.462 e. The molecule has 0 aliphatic carbocycles. The van der Waals surface area contributed by atoms with Gasteiger partial charge in [-0.2, -0.15) is 5.10 Å². The summed E-state index contributed by atoms with van der Waals surface area (Å²) in [5, 5.41) is 11.3. The Morgan fingerprint density at radius 2 is 2.07 bits per heavy atom. The van der Waals surface area contributed by atoms with Gasteiger partial charge in [-0.05, 0) is 42.8 Å². The highest BCUT2D eigenvalue weighted by Gasteiger charge is 2.19. The Morgan fingerprint density at radius 3 is 2.87 bits per heavy atom. The molecule has 2 N–H and O–H groups in total. The summed E-state index contributed by atoms with van der Waals surface area (Å²) >= 11 is 0. The smallest absolute Gasteiger partial charge is 0.339 e. The van der Waals surface area contributed by atoms with Gasteiger partial charge in [-0.15, -0.1) is 0 Å². The van der Waals surface area contributed by atoms with E-state index < -0.39 is 0 Å². The molecule has 0 unspecified atom stereocenters. The van der Waals surface area contributed by atoms with E-state index in [0.29, 0.717) is 18.1 Å². The zero-order valence-electron chi connectivity index (χ0n) is 16.6. The molecule has 7 nitrogen and oxygen atoms in total.